The lowest BCUT2D eigenvalue weighted by molar-refractivity contribution is -0.137. The maximum atomic E-state index is 12.8. The van der Waals surface area contributed by atoms with Gasteiger partial charge in [-0.3, -0.25) is 8.77 Å². The second-order valence-corrected chi connectivity index (χ2v) is 7.93. The zero-order valence-electron chi connectivity index (χ0n) is 15.0. The largest absolute Gasteiger partial charge is 0.416 e. The van der Waals surface area contributed by atoms with Crippen molar-refractivity contribution in [2.45, 2.75) is 17.5 Å². The van der Waals surface area contributed by atoms with Crippen LogP contribution in [0.25, 0.3) is 0 Å². The van der Waals surface area contributed by atoms with E-state index in [1.165, 1.54) is 34.6 Å². The summed E-state index contributed by atoms with van der Waals surface area (Å²) in [6.45, 7) is 0.850. The first kappa shape index (κ1) is 19.3. The van der Waals surface area contributed by atoms with Crippen molar-refractivity contribution in [3.05, 3.63) is 77.6 Å². The monoisotopic (exact) mass is 419 g/mol. The van der Waals surface area contributed by atoms with Gasteiger partial charge in [-0.2, -0.15) is 13.2 Å². The number of amides is 1. The van der Waals surface area contributed by atoms with E-state index in [0.717, 1.165) is 36.3 Å². The number of halogens is 3. The number of fused-ring (bicyclic) bond motifs is 1. The summed E-state index contributed by atoms with van der Waals surface area (Å²) in [5.74, 6) is -0.501. The predicted octanol–water partition coefficient (Wildman–Crippen LogP) is 4.30. The van der Waals surface area contributed by atoms with Crippen LogP contribution in [0.15, 0.2) is 65.8 Å². The van der Waals surface area contributed by atoms with E-state index in [9.17, 15) is 22.2 Å². The molecule has 5 nitrogen and oxygen atoms in total. The molecule has 1 aromatic heterocycles. The summed E-state index contributed by atoms with van der Waals surface area (Å²) in [7, 11) is -1.51. The number of benzene rings is 2. The van der Waals surface area contributed by atoms with E-state index in [2.05, 4.69) is 10.6 Å². The number of hydrogen-bond donors (Lipinski definition) is 2. The van der Waals surface area contributed by atoms with Crippen LogP contribution in [0.3, 0.4) is 0 Å². The summed E-state index contributed by atoms with van der Waals surface area (Å²) in [6.07, 6.45) is -0.589. The number of nitrogens with zero attached hydrogens (tertiary/aromatic N) is 1. The van der Waals surface area contributed by atoms with Gasteiger partial charge in [0.1, 0.15) is 0 Å². The lowest BCUT2D eigenvalue weighted by Gasteiger charge is -2.08. The SMILES string of the molecule is O=C(Nc1ccc(C(F)(F)F)cc1)c1ccn(S(=O)c2ccc3c(c2)CCN3)c1. The highest BCUT2D eigenvalue weighted by Gasteiger charge is 2.30. The molecule has 0 aliphatic carbocycles. The lowest BCUT2D eigenvalue weighted by atomic mass is 10.2. The zero-order valence-corrected chi connectivity index (χ0v) is 15.8. The molecule has 0 saturated heterocycles. The Balaban J connectivity index is 1.47. The molecule has 9 heteroatoms. The van der Waals surface area contributed by atoms with E-state index in [1.807, 2.05) is 12.1 Å². The fourth-order valence-corrected chi connectivity index (χ4v) is 4.12. The third kappa shape index (κ3) is 4.04. The number of alkyl halides is 3. The second kappa shape index (κ2) is 7.40. The van der Waals surface area contributed by atoms with Crippen molar-refractivity contribution in [3.8, 4) is 0 Å². The standard InChI is InChI=1S/C20H16F3N3O2S/c21-20(22,23)15-1-3-16(4-2-15)25-19(27)14-8-10-26(12-14)29(28)17-5-6-18-13(11-17)7-9-24-18/h1-6,8,10-12,24H,7,9H2,(H,25,27). The number of carbonyl (C=O) groups is 1. The van der Waals surface area contributed by atoms with Crippen LogP contribution >= 0.6 is 0 Å². The van der Waals surface area contributed by atoms with Crippen LogP contribution in [0, 0.1) is 0 Å². The molecule has 4 rings (SSSR count). The Hall–Kier alpha value is -3.07. The Morgan fingerprint density at radius 1 is 1.10 bits per heavy atom. The van der Waals surface area contributed by atoms with Gasteiger partial charge in [0.05, 0.1) is 16.0 Å². The normalized spacial score (nSPS) is 14.2. The summed E-state index contributed by atoms with van der Waals surface area (Å²) >= 11 is 0. The highest BCUT2D eigenvalue weighted by Crippen LogP contribution is 2.30. The third-order valence-corrected chi connectivity index (χ3v) is 5.85. The minimum atomic E-state index is -4.43. The molecule has 1 unspecified atom stereocenters. The van der Waals surface area contributed by atoms with Gasteiger partial charge in [0.2, 0.25) is 0 Å². The van der Waals surface area contributed by atoms with E-state index in [-0.39, 0.29) is 11.3 Å². The van der Waals surface area contributed by atoms with Gasteiger partial charge in [0.25, 0.3) is 5.91 Å². The maximum absolute atomic E-state index is 12.8. The zero-order chi connectivity index (χ0) is 20.6. The lowest BCUT2D eigenvalue weighted by Crippen LogP contribution is -2.12. The van der Waals surface area contributed by atoms with Crippen molar-refractivity contribution in [2.75, 3.05) is 17.2 Å². The second-order valence-electron chi connectivity index (χ2n) is 6.53. The minimum Gasteiger partial charge on any atom is -0.384 e. The van der Waals surface area contributed by atoms with Gasteiger partial charge in [-0.15, -0.1) is 0 Å². The van der Waals surface area contributed by atoms with Crippen LogP contribution in [0.5, 0.6) is 0 Å². The maximum Gasteiger partial charge on any atom is 0.416 e. The first-order valence-electron chi connectivity index (χ1n) is 8.77. The van der Waals surface area contributed by atoms with E-state index in [1.54, 1.807) is 6.07 Å². The molecule has 1 aliphatic rings. The molecule has 0 spiro atoms. The topological polar surface area (TPSA) is 63.1 Å². The number of hydrogen-bond acceptors (Lipinski definition) is 3. The van der Waals surface area contributed by atoms with E-state index < -0.39 is 28.6 Å². The van der Waals surface area contributed by atoms with Crippen molar-refractivity contribution in [1.29, 1.82) is 0 Å². The van der Waals surface area contributed by atoms with Crippen molar-refractivity contribution in [2.24, 2.45) is 0 Å². The fourth-order valence-electron chi connectivity index (χ4n) is 3.07. The Morgan fingerprint density at radius 2 is 1.86 bits per heavy atom. The summed E-state index contributed by atoms with van der Waals surface area (Å²) in [5.41, 5.74) is 1.84. The molecule has 1 aliphatic heterocycles. The first-order valence-corrected chi connectivity index (χ1v) is 9.87. The van der Waals surface area contributed by atoms with Crippen molar-refractivity contribution >= 4 is 28.3 Å². The van der Waals surface area contributed by atoms with Crippen LogP contribution in [0.1, 0.15) is 21.5 Å². The van der Waals surface area contributed by atoms with Crippen LogP contribution in [0.2, 0.25) is 0 Å². The summed E-state index contributed by atoms with van der Waals surface area (Å²) < 4.78 is 52.1. The Morgan fingerprint density at radius 3 is 2.59 bits per heavy atom. The summed E-state index contributed by atoms with van der Waals surface area (Å²) in [5, 5.41) is 5.77. The molecule has 0 fully saturated rings. The first-order chi connectivity index (χ1) is 13.8. The summed E-state index contributed by atoms with van der Waals surface area (Å²) in [4.78, 5) is 13.0. The average Bonchev–Trinajstić information content (AvgIpc) is 3.36. The quantitative estimate of drug-likeness (QED) is 0.663. The van der Waals surface area contributed by atoms with Crippen LogP contribution in [0.4, 0.5) is 24.5 Å². The molecule has 29 heavy (non-hydrogen) atoms. The molecule has 0 radical (unpaired) electrons. The van der Waals surface area contributed by atoms with E-state index >= 15 is 0 Å². The molecule has 2 heterocycles. The predicted molar refractivity (Wildman–Crippen MR) is 104 cm³/mol. The molecule has 2 N–H and O–H groups in total. The van der Waals surface area contributed by atoms with Crippen LogP contribution in [-0.2, 0) is 23.6 Å². The Kier molecular flexibility index (Phi) is 4.91. The molecule has 1 amide bonds. The van der Waals surface area contributed by atoms with E-state index in [0.29, 0.717) is 4.90 Å². The molecule has 1 atom stereocenters. The molecule has 2 aromatic carbocycles. The van der Waals surface area contributed by atoms with Gasteiger partial charge in [0, 0.05) is 30.3 Å². The smallest absolute Gasteiger partial charge is 0.384 e. The highest BCUT2D eigenvalue weighted by molar-refractivity contribution is 7.83. The van der Waals surface area contributed by atoms with Crippen LogP contribution in [-0.4, -0.2) is 20.6 Å². The average molecular weight is 419 g/mol. The minimum absolute atomic E-state index is 0.239. The molecule has 0 saturated carbocycles. The van der Waals surface area contributed by atoms with Crippen molar-refractivity contribution in [3.63, 3.8) is 0 Å². The van der Waals surface area contributed by atoms with Gasteiger partial charge in [0.15, 0.2) is 11.0 Å². The number of rotatable bonds is 4. The van der Waals surface area contributed by atoms with Gasteiger partial charge in [-0.1, -0.05) is 0 Å². The summed E-state index contributed by atoms with van der Waals surface area (Å²) in [6, 6.07) is 11.2. The fraction of sp³-hybridized carbons (Fsp3) is 0.150. The number of aromatic nitrogens is 1. The third-order valence-electron chi connectivity index (χ3n) is 4.58. The van der Waals surface area contributed by atoms with E-state index in [4.69, 9.17) is 0 Å². The number of carbonyl (C=O) groups excluding carboxylic acids is 1. The number of anilines is 2. The molecule has 0 bridgehead atoms. The molecular formula is C20H16F3N3O2S. The van der Waals surface area contributed by atoms with Gasteiger partial charge < -0.3 is 10.6 Å². The van der Waals surface area contributed by atoms with Gasteiger partial charge >= 0.3 is 6.18 Å². The molecule has 150 valence electrons. The van der Waals surface area contributed by atoms with Gasteiger partial charge in [-0.05, 0) is 60.5 Å². The Bertz CT molecular complexity index is 1090. The van der Waals surface area contributed by atoms with Crippen LogP contribution < -0.4 is 10.6 Å². The van der Waals surface area contributed by atoms with Crippen molar-refractivity contribution in [1.82, 2.24) is 3.97 Å². The molecule has 3 aromatic rings. The van der Waals surface area contributed by atoms with Gasteiger partial charge in [-0.25, -0.2) is 4.21 Å². The highest BCUT2D eigenvalue weighted by atomic mass is 32.2. The molecular weight excluding hydrogens is 403 g/mol. The number of nitrogens with one attached hydrogen (secondary N) is 2. The Labute approximate surface area is 167 Å². The van der Waals surface area contributed by atoms with Crippen molar-refractivity contribution < 1.29 is 22.2 Å².